The third-order valence-corrected chi connectivity index (χ3v) is 7.98. The lowest BCUT2D eigenvalue weighted by Gasteiger charge is -2.28. The maximum Gasteiger partial charge on any atom is 0.150 e. The first-order valence-electron chi connectivity index (χ1n) is 14.3. The fourth-order valence-corrected chi connectivity index (χ4v) is 5.69. The van der Waals surface area contributed by atoms with Crippen molar-refractivity contribution in [2.24, 2.45) is 5.92 Å². The van der Waals surface area contributed by atoms with Crippen molar-refractivity contribution < 1.29 is 14.2 Å². The van der Waals surface area contributed by atoms with Gasteiger partial charge < -0.3 is 24.0 Å². The highest BCUT2D eigenvalue weighted by Gasteiger charge is 2.21. The van der Waals surface area contributed by atoms with Crippen molar-refractivity contribution in [3.8, 4) is 22.8 Å². The monoisotopic (exact) mass is 542 g/mol. The van der Waals surface area contributed by atoms with E-state index in [1.54, 1.807) is 14.2 Å². The summed E-state index contributed by atoms with van der Waals surface area (Å²) in [6.07, 6.45) is 10.2. The maximum atomic E-state index is 5.90. The average Bonchev–Trinajstić information content (AvgIpc) is 3.66. The summed E-state index contributed by atoms with van der Waals surface area (Å²) >= 11 is 0. The fourth-order valence-electron chi connectivity index (χ4n) is 5.69. The van der Waals surface area contributed by atoms with Crippen LogP contribution in [0, 0.1) is 5.92 Å². The molecule has 210 valence electrons. The molecule has 0 amide bonds. The number of aromatic nitrogens is 4. The Kier molecular flexibility index (Phi) is 7.84. The molecule has 0 aliphatic carbocycles. The number of methoxy groups -OCH3 is 2. The second-order valence-corrected chi connectivity index (χ2v) is 10.9. The predicted octanol–water partition coefficient (Wildman–Crippen LogP) is 5.69. The van der Waals surface area contributed by atoms with Crippen LogP contribution in [0.5, 0.6) is 11.5 Å². The Bertz CT molecular complexity index is 1430. The zero-order chi connectivity index (χ0) is 27.5. The van der Waals surface area contributed by atoms with Crippen LogP contribution in [-0.2, 0) is 4.74 Å². The molecule has 0 bridgehead atoms. The van der Waals surface area contributed by atoms with Crippen LogP contribution < -0.4 is 14.4 Å². The van der Waals surface area contributed by atoms with Crippen molar-refractivity contribution >= 4 is 22.4 Å². The lowest BCUT2D eigenvalue weighted by Crippen LogP contribution is -2.31. The van der Waals surface area contributed by atoms with E-state index in [2.05, 4.69) is 46.1 Å². The predicted molar refractivity (Wildman–Crippen MR) is 156 cm³/mol. The second kappa shape index (κ2) is 11.8. The number of hydrogen-bond donors (Lipinski definition) is 0. The van der Waals surface area contributed by atoms with Gasteiger partial charge in [-0.3, -0.25) is 4.98 Å². The smallest absolute Gasteiger partial charge is 0.150 e. The highest BCUT2D eigenvalue weighted by atomic mass is 16.5. The summed E-state index contributed by atoms with van der Waals surface area (Å²) in [6, 6.07) is 12.3. The molecule has 2 aromatic heterocycles. The van der Waals surface area contributed by atoms with Gasteiger partial charge in [0.2, 0.25) is 0 Å². The molecule has 4 aromatic rings. The minimum Gasteiger partial charge on any atom is -0.497 e. The van der Waals surface area contributed by atoms with Crippen molar-refractivity contribution in [2.75, 3.05) is 51.9 Å². The van der Waals surface area contributed by atoms with Crippen LogP contribution >= 0.6 is 0 Å². The van der Waals surface area contributed by atoms with Crippen molar-refractivity contribution in [3.05, 3.63) is 55.0 Å². The van der Waals surface area contributed by atoms with Crippen LogP contribution in [0.4, 0.5) is 11.4 Å². The Labute approximate surface area is 235 Å². The summed E-state index contributed by atoms with van der Waals surface area (Å²) in [5.74, 6) is 2.26. The molecule has 0 N–H and O–H groups in total. The van der Waals surface area contributed by atoms with Crippen LogP contribution in [0.25, 0.3) is 22.3 Å². The van der Waals surface area contributed by atoms with E-state index in [9.17, 15) is 0 Å². The normalized spacial score (nSPS) is 19.7. The van der Waals surface area contributed by atoms with Gasteiger partial charge in [-0.1, -0.05) is 6.92 Å². The first-order valence-corrected chi connectivity index (χ1v) is 14.3. The summed E-state index contributed by atoms with van der Waals surface area (Å²) in [5, 5.41) is 4.57. The van der Waals surface area contributed by atoms with Crippen LogP contribution in [0.2, 0.25) is 0 Å². The SMILES string of the molecule is COc1cc(OC)cc(N(CCN2CCC(C)C2)c2ccc3ncc(-c4cnn(C5CCCCO5)c4)nc3c2)c1. The van der Waals surface area contributed by atoms with Gasteiger partial charge in [-0.2, -0.15) is 5.10 Å². The molecule has 4 heterocycles. The molecule has 2 fully saturated rings. The van der Waals surface area contributed by atoms with Gasteiger partial charge in [-0.25, -0.2) is 9.67 Å². The van der Waals surface area contributed by atoms with Gasteiger partial charge in [0.05, 0.1) is 43.3 Å². The molecule has 2 saturated heterocycles. The van der Waals surface area contributed by atoms with Gasteiger partial charge in [0.1, 0.15) is 17.7 Å². The summed E-state index contributed by atoms with van der Waals surface area (Å²) in [5.41, 5.74) is 5.49. The molecular formula is C31H38N6O3. The summed E-state index contributed by atoms with van der Waals surface area (Å²) in [6.45, 7) is 7.19. The van der Waals surface area contributed by atoms with Crippen molar-refractivity contribution in [3.63, 3.8) is 0 Å². The average molecular weight is 543 g/mol. The highest BCUT2D eigenvalue weighted by Crippen LogP contribution is 2.34. The number of likely N-dealkylation sites (tertiary alicyclic amines) is 1. The van der Waals surface area contributed by atoms with E-state index >= 15 is 0 Å². The van der Waals surface area contributed by atoms with Gasteiger partial charge in [-0.15, -0.1) is 0 Å². The molecule has 2 aliphatic rings. The third-order valence-electron chi connectivity index (χ3n) is 7.98. The van der Waals surface area contributed by atoms with Crippen LogP contribution in [-0.4, -0.2) is 71.7 Å². The molecule has 0 radical (unpaired) electrons. The largest absolute Gasteiger partial charge is 0.497 e. The number of rotatable bonds is 9. The number of fused-ring (bicyclic) bond motifs is 1. The molecule has 2 atom stereocenters. The van der Waals surface area contributed by atoms with E-state index in [4.69, 9.17) is 24.2 Å². The Morgan fingerprint density at radius 1 is 0.975 bits per heavy atom. The number of hydrogen-bond acceptors (Lipinski definition) is 8. The minimum absolute atomic E-state index is 0.00507. The van der Waals surface area contributed by atoms with E-state index < -0.39 is 0 Å². The lowest BCUT2D eigenvalue weighted by molar-refractivity contribution is -0.0394. The van der Waals surface area contributed by atoms with Crippen LogP contribution in [0.3, 0.4) is 0 Å². The summed E-state index contributed by atoms with van der Waals surface area (Å²) in [4.78, 5) is 14.6. The number of ether oxygens (including phenoxy) is 3. The van der Waals surface area contributed by atoms with E-state index in [0.29, 0.717) is 0 Å². The number of nitrogens with zero attached hydrogens (tertiary/aromatic N) is 6. The molecular weight excluding hydrogens is 504 g/mol. The Hall–Kier alpha value is -3.69. The highest BCUT2D eigenvalue weighted by molar-refractivity contribution is 5.82. The fraction of sp³-hybridized carbons (Fsp3) is 0.452. The molecule has 0 saturated carbocycles. The Balaban J connectivity index is 1.33. The Morgan fingerprint density at radius 2 is 1.82 bits per heavy atom. The topological polar surface area (TPSA) is 77.8 Å². The molecule has 2 aromatic carbocycles. The van der Waals surface area contributed by atoms with Crippen molar-refractivity contribution in [1.82, 2.24) is 24.6 Å². The maximum absolute atomic E-state index is 5.90. The summed E-state index contributed by atoms with van der Waals surface area (Å²) in [7, 11) is 3.37. The molecule has 0 spiro atoms. The van der Waals surface area contributed by atoms with Gasteiger partial charge in [0, 0.05) is 67.6 Å². The molecule has 9 nitrogen and oxygen atoms in total. The van der Waals surface area contributed by atoms with E-state index in [0.717, 1.165) is 103 Å². The summed E-state index contributed by atoms with van der Waals surface area (Å²) < 4.78 is 19.0. The third kappa shape index (κ3) is 5.76. The molecule has 2 unspecified atom stereocenters. The zero-order valence-electron chi connectivity index (χ0n) is 23.6. The number of anilines is 2. The van der Waals surface area contributed by atoms with Gasteiger partial charge in [-0.05, 0) is 56.3 Å². The van der Waals surface area contributed by atoms with E-state index in [1.807, 2.05) is 35.4 Å². The lowest BCUT2D eigenvalue weighted by atomic mass is 10.2. The molecule has 9 heteroatoms. The standard InChI is InChI=1S/C31H38N6O3/c1-22-9-10-35(20-22)11-12-36(25-14-26(38-2)17-27(15-25)39-3)24-7-8-28-29(16-24)34-30(19-32-28)23-18-33-37(21-23)31-6-4-5-13-40-31/h7-8,14-19,21-22,31H,4-6,9-13,20H2,1-3H3. The zero-order valence-corrected chi connectivity index (χ0v) is 23.6. The minimum atomic E-state index is -0.00507. The molecule has 2 aliphatic heterocycles. The van der Waals surface area contributed by atoms with Crippen LogP contribution in [0.1, 0.15) is 38.8 Å². The van der Waals surface area contributed by atoms with Crippen molar-refractivity contribution in [1.29, 1.82) is 0 Å². The van der Waals surface area contributed by atoms with Crippen molar-refractivity contribution in [2.45, 2.75) is 38.8 Å². The van der Waals surface area contributed by atoms with Gasteiger partial charge in [0.25, 0.3) is 0 Å². The molecule has 40 heavy (non-hydrogen) atoms. The first kappa shape index (κ1) is 26.5. The van der Waals surface area contributed by atoms with Gasteiger partial charge >= 0.3 is 0 Å². The Morgan fingerprint density at radius 3 is 2.55 bits per heavy atom. The van der Waals surface area contributed by atoms with Crippen LogP contribution in [0.15, 0.2) is 55.0 Å². The first-order chi connectivity index (χ1) is 19.6. The number of benzene rings is 2. The van der Waals surface area contributed by atoms with E-state index in [-0.39, 0.29) is 6.23 Å². The quantitative estimate of drug-likeness (QED) is 0.267. The second-order valence-electron chi connectivity index (χ2n) is 10.9. The molecule has 6 rings (SSSR count). The van der Waals surface area contributed by atoms with E-state index in [1.165, 1.54) is 6.42 Å². The van der Waals surface area contributed by atoms with Gasteiger partial charge in [0.15, 0.2) is 0 Å².